The number of aromatic nitrogens is 3. The summed E-state index contributed by atoms with van der Waals surface area (Å²) in [6.07, 6.45) is -0.0751. The Morgan fingerprint density at radius 1 is 1.10 bits per heavy atom. The lowest BCUT2D eigenvalue weighted by atomic mass is 10.1. The third-order valence-corrected chi connectivity index (χ3v) is 5.00. The summed E-state index contributed by atoms with van der Waals surface area (Å²) in [6.45, 7) is 3.55. The normalized spacial score (nSPS) is 11.0. The van der Waals surface area contributed by atoms with Gasteiger partial charge in [-0.2, -0.15) is 0 Å². The summed E-state index contributed by atoms with van der Waals surface area (Å²) in [5, 5.41) is 4.31. The highest BCUT2D eigenvalue weighted by molar-refractivity contribution is 5.99. The molecule has 0 atom stereocenters. The summed E-state index contributed by atoms with van der Waals surface area (Å²) < 4.78 is 11.9. The first-order valence-electron chi connectivity index (χ1n) is 9.27. The van der Waals surface area contributed by atoms with E-state index in [1.807, 2.05) is 24.3 Å². The molecule has 2 heterocycles. The van der Waals surface area contributed by atoms with E-state index in [4.69, 9.17) is 9.47 Å². The van der Waals surface area contributed by atoms with E-state index in [-0.39, 0.29) is 23.3 Å². The number of ether oxygens (including phenoxy) is 2. The fraction of sp³-hybridized carbons (Fsp3) is 0.182. The summed E-state index contributed by atoms with van der Waals surface area (Å²) >= 11 is 0. The van der Waals surface area contributed by atoms with Gasteiger partial charge in [-0.05, 0) is 36.8 Å². The van der Waals surface area contributed by atoms with Crippen LogP contribution in [-0.4, -0.2) is 33.6 Å². The largest absolute Gasteiger partial charge is 0.465 e. The van der Waals surface area contributed by atoms with E-state index in [2.05, 4.69) is 10.1 Å². The van der Waals surface area contributed by atoms with E-state index in [0.717, 1.165) is 10.8 Å². The number of carbonyl (C=O) groups is 2. The van der Waals surface area contributed by atoms with Crippen LogP contribution < -0.4 is 10.3 Å². The van der Waals surface area contributed by atoms with Crippen LogP contribution in [0.15, 0.2) is 47.3 Å². The van der Waals surface area contributed by atoms with Gasteiger partial charge in [-0.25, -0.2) is 14.3 Å². The average Bonchev–Trinajstić information content (AvgIpc) is 3.10. The molecule has 0 fully saturated rings. The molecule has 8 heteroatoms. The van der Waals surface area contributed by atoms with Gasteiger partial charge in [0.15, 0.2) is 5.65 Å². The molecule has 4 rings (SSSR count). The van der Waals surface area contributed by atoms with Gasteiger partial charge in [0.05, 0.1) is 13.5 Å². The van der Waals surface area contributed by atoms with Gasteiger partial charge >= 0.3 is 11.9 Å². The highest BCUT2D eigenvalue weighted by atomic mass is 16.5. The van der Waals surface area contributed by atoms with E-state index in [1.165, 1.54) is 17.7 Å². The van der Waals surface area contributed by atoms with Crippen molar-refractivity contribution >= 4 is 28.4 Å². The SMILES string of the molecule is COC(=O)c1cc2ccccc2cc1OC(=O)Cc1c(C)nc2cc(=O)[nH]n2c1C. The highest BCUT2D eigenvalue weighted by Gasteiger charge is 2.20. The summed E-state index contributed by atoms with van der Waals surface area (Å²) in [6, 6.07) is 12.1. The van der Waals surface area contributed by atoms with Crippen LogP contribution in [0, 0.1) is 13.8 Å². The first-order chi connectivity index (χ1) is 14.4. The predicted octanol–water partition coefficient (Wildman–Crippen LogP) is 2.73. The quantitative estimate of drug-likeness (QED) is 0.414. The van der Waals surface area contributed by atoms with E-state index < -0.39 is 11.9 Å². The number of hydrogen-bond acceptors (Lipinski definition) is 6. The molecule has 0 spiro atoms. The first kappa shape index (κ1) is 19.4. The highest BCUT2D eigenvalue weighted by Crippen LogP contribution is 2.27. The fourth-order valence-corrected chi connectivity index (χ4v) is 3.49. The van der Waals surface area contributed by atoms with Gasteiger partial charge < -0.3 is 9.47 Å². The molecule has 0 bridgehead atoms. The van der Waals surface area contributed by atoms with Gasteiger partial charge in [0, 0.05) is 23.0 Å². The summed E-state index contributed by atoms with van der Waals surface area (Å²) in [4.78, 5) is 40.9. The number of nitrogens with one attached hydrogen (secondary N) is 1. The number of carbonyl (C=O) groups excluding carboxylic acids is 2. The van der Waals surface area contributed by atoms with Crippen molar-refractivity contribution in [2.75, 3.05) is 7.11 Å². The third kappa shape index (κ3) is 3.43. The second kappa shape index (κ2) is 7.47. The molecule has 0 unspecified atom stereocenters. The van der Waals surface area contributed by atoms with Crippen LogP contribution in [0.2, 0.25) is 0 Å². The van der Waals surface area contributed by atoms with Crippen molar-refractivity contribution < 1.29 is 19.1 Å². The molecule has 152 valence electrons. The van der Waals surface area contributed by atoms with Crippen LogP contribution in [-0.2, 0) is 16.0 Å². The lowest BCUT2D eigenvalue weighted by Crippen LogP contribution is -2.17. The van der Waals surface area contributed by atoms with Gasteiger partial charge in [-0.15, -0.1) is 0 Å². The number of methoxy groups -OCH3 is 1. The van der Waals surface area contributed by atoms with E-state index in [0.29, 0.717) is 22.6 Å². The Bertz CT molecular complexity index is 1370. The van der Waals surface area contributed by atoms with Gasteiger partial charge in [0.2, 0.25) is 0 Å². The molecular weight excluding hydrogens is 386 g/mol. The van der Waals surface area contributed by atoms with Crippen molar-refractivity contribution in [3.63, 3.8) is 0 Å². The number of esters is 2. The van der Waals surface area contributed by atoms with Crippen molar-refractivity contribution in [1.82, 2.24) is 14.6 Å². The summed E-state index contributed by atoms with van der Waals surface area (Å²) in [5.41, 5.74) is 2.32. The Balaban J connectivity index is 1.69. The molecule has 8 nitrogen and oxygen atoms in total. The van der Waals surface area contributed by atoms with Crippen molar-refractivity contribution in [1.29, 1.82) is 0 Å². The molecule has 30 heavy (non-hydrogen) atoms. The topological polar surface area (TPSA) is 103 Å². The molecular formula is C22H19N3O5. The first-order valence-corrected chi connectivity index (χ1v) is 9.27. The van der Waals surface area contributed by atoms with Crippen LogP contribution in [0.5, 0.6) is 5.75 Å². The molecule has 4 aromatic rings. The maximum Gasteiger partial charge on any atom is 0.341 e. The molecule has 2 aromatic heterocycles. The van der Waals surface area contributed by atoms with Crippen molar-refractivity contribution in [2.24, 2.45) is 0 Å². The Kier molecular flexibility index (Phi) is 4.83. The number of aromatic amines is 1. The molecule has 0 amide bonds. The molecule has 0 saturated heterocycles. The Morgan fingerprint density at radius 3 is 2.50 bits per heavy atom. The standard InChI is InChI=1S/C22H19N3O5/c1-12-16(13(2)25-19(23-12)11-20(26)24-25)10-21(27)30-18-9-15-7-5-4-6-14(15)8-17(18)22(28)29-3/h4-9,11H,10H2,1-3H3,(H,24,26). The van der Waals surface area contributed by atoms with Crippen LogP contribution in [0.3, 0.4) is 0 Å². The summed E-state index contributed by atoms with van der Waals surface area (Å²) in [5.74, 6) is -1.02. The van der Waals surface area contributed by atoms with Crippen LogP contribution in [0.25, 0.3) is 16.4 Å². The Hall–Kier alpha value is -3.94. The maximum absolute atomic E-state index is 12.7. The smallest absolute Gasteiger partial charge is 0.341 e. The summed E-state index contributed by atoms with van der Waals surface area (Å²) in [7, 11) is 1.27. The number of H-pyrrole nitrogens is 1. The van der Waals surface area contributed by atoms with E-state index in [1.54, 1.807) is 26.0 Å². The van der Waals surface area contributed by atoms with Crippen LogP contribution in [0.4, 0.5) is 0 Å². The lowest BCUT2D eigenvalue weighted by molar-refractivity contribution is -0.133. The number of aryl methyl sites for hydroxylation is 2. The van der Waals surface area contributed by atoms with Gasteiger partial charge in [-0.3, -0.25) is 14.7 Å². The fourth-order valence-electron chi connectivity index (χ4n) is 3.49. The van der Waals surface area contributed by atoms with Crippen molar-refractivity contribution in [3.05, 3.63) is 75.3 Å². The van der Waals surface area contributed by atoms with Crippen LogP contribution >= 0.6 is 0 Å². The molecule has 2 aromatic carbocycles. The minimum atomic E-state index is -0.594. The number of benzene rings is 2. The Morgan fingerprint density at radius 2 is 1.80 bits per heavy atom. The lowest BCUT2D eigenvalue weighted by Gasteiger charge is -2.13. The number of fused-ring (bicyclic) bond motifs is 2. The number of hydrogen-bond donors (Lipinski definition) is 1. The minimum absolute atomic E-state index is 0.0751. The predicted molar refractivity (Wildman–Crippen MR) is 110 cm³/mol. The van der Waals surface area contributed by atoms with E-state index >= 15 is 0 Å². The molecule has 0 saturated carbocycles. The number of nitrogens with zero attached hydrogens (tertiary/aromatic N) is 2. The maximum atomic E-state index is 12.7. The van der Waals surface area contributed by atoms with Gasteiger partial charge in [0.1, 0.15) is 11.3 Å². The second-order valence-electron chi connectivity index (χ2n) is 6.91. The van der Waals surface area contributed by atoms with Crippen molar-refractivity contribution in [2.45, 2.75) is 20.3 Å². The zero-order valence-electron chi connectivity index (χ0n) is 16.7. The minimum Gasteiger partial charge on any atom is -0.465 e. The molecule has 0 aliphatic rings. The molecule has 0 radical (unpaired) electrons. The van der Waals surface area contributed by atoms with Crippen LogP contribution in [0.1, 0.15) is 27.3 Å². The third-order valence-electron chi connectivity index (χ3n) is 5.00. The van der Waals surface area contributed by atoms with E-state index in [9.17, 15) is 14.4 Å². The zero-order valence-corrected chi connectivity index (χ0v) is 16.7. The average molecular weight is 405 g/mol. The van der Waals surface area contributed by atoms with Crippen molar-refractivity contribution in [3.8, 4) is 5.75 Å². The molecule has 1 N–H and O–H groups in total. The molecule has 0 aliphatic carbocycles. The Labute approximate surface area is 171 Å². The monoisotopic (exact) mass is 405 g/mol. The van der Waals surface area contributed by atoms with Gasteiger partial charge in [0.25, 0.3) is 5.56 Å². The molecule has 0 aliphatic heterocycles. The zero-order chi connectivity index (χ0) is 21.4. The number of rotatable bonds is 4. The van der Waals surface area contributed by atoms with Gasteiger partial charge in [-0.1, -0.05) is 24.3 Å². The second-order valence-corrected chi connectivity index (χ2v) is 6.91.